The summed E-state index contributed by atoms with van der Waals surface area (Å²) in [7, 11) is 0. The van der Waals surface area contributed by atoms with Crippen molar-refractivity contribution in [3.8, 4) is 51.7 Å². The number of rotatable bonds is 3. The summed E-state index contributed by atoms with van der Waals surface area (Å²) in [6, 6.07) is 5.56. The van der Waals surface area contributed by atoms with Gasteiger partial charge in [-0.2, -0.15) is 0 Å². The molecule has 0 bridgehead atoms. The van der Waals surface area contributed by atoms with Crippen LogP contribution in [0.25, 0.3) is 0 Å². The Morgan fingerprint density at radius 3 is 1.07 bits per heavy atom. The molecule has 0 atom stereocenters. The first-order valence-electron chi connectivity index (χ1n) is 7.84. The number of phenols is 9. The first kappa shape index (κ1) is 18.6. The molecule has 0 saturated heterocycles. The molecule has 0 spiro atoms. The van der Waals surface area contributed by atoms with Crippen LogP contribution in [0, 0.1) is 0 Å². The Balaban J connectivity index is 2.40. The second kappa shape index (κ2) is 6.54. The van der Waals surface area contributed by atoms with E-state index in [-0.39, 0.29) is 16.7 Å². The maximum atomic E-state index is 10.3. The number of hydrogen-bond acceptors (Lipinski definition) is 9. The van der Waals surface area contributed by atoms with Crippen molar-refractivity contribution in [3.05, 3.63) is 53.1 Å². The molecular weight excluding hydrogens is 372 g/mol. The Hall–Kier alpha value is -4.14. The molecule has 146 valence electrons. The first-order chi connectivity index (χ1) is 13.1. The molecule has 0 aliphatic carbocycles. The van der Waals surface area contributed by atoms with Crippen molar-refractivity contribution in [1.82, 2.24) is 0 Å². The zero-order valence-corrected chi connectivity index (χ0v) is 14.1. The normalized spacial score (nSPS) is 11.0. The van der Waals surface area contributed by atoms with Crippen molar-refractivity contribution in [2.45, 2.75) is 5.92 Å². The monoisotopic (exact) mass is 388 g/mol. The van der Waals surface area contributed by atoms with Gasteiger partial charge in [0.15, 0.2) is 17.2 Å². The lowest BCUT2D eigenvalue weighted by molar-refractivity contribution is 0.366. The van der Waals surface area contributed by atoms with Crippen LogP contribution in [0.1, 0.15) is 22.6 Å². The van der Waals surface area contributed by atoms with Crippen LogP contribution in [0.15, 0.2) is 36.4 Å². The van der Waals surface area contributed by atoms with Gasteiger partial charge in [-0.15, -0.1) is 0 Å². The van der Waals surface area contributed by atoms with Gasteiger partial charge in [0, 0.05) is 41.3 Å². The van der Waals surface area contributed by atoms with Crippen LogP contribution in [0.2, 0.25) is 0 Å². The predicted molar refractivity (Wildman–Crippen MR) is 95.3 cm³/mol. The zero-order valence-electron chi connectivity index (χ0n) is 14.1. The third-order valence-corrected chi connectivity index (χ3v) is 4.24. The third kappa shape index (κ3) is 3.05. The zero-order chi connectivity index (χ0) is 20.7. The molecule has 3 rings (SSSR count). The topological polar surface area (TPSA) is 182 Å². The Kier molecular flexibility index (Phi) is 4.36. The molecule has 9 heteroatoms. The molecule has 0 aliphatic rings. The first-order valence-corrected chi connectivity index (χ1v) is 7.84. The number of hydrogen-bond donors (Lipinski definition) is 9. The minimum atomic E-state index is -1.39. The van der Waals surface area contributed by atoms with E-state index in [0.717, 1.165) is 36.4 Å². The summed E-state index contributed by atoms with van der Waals surface area (Å²) in [4.78, 5) is 0. The van der Waals surface area contributed by atoms with E-state index in [2.05, 4.69) is 0 Å². The van der Waals surface area contributed by atoms with Crippen LogP contribution < -0.4 is 0 Å². The lowest BCUT2D eigenvalue weighted by Gasteiger charge is -2.23. The predicted octanol–water partition coefficient (Wildman–Crippen LogP) is 2.22. The fourth-order valence-electron chi connectivity index (χ4n) is 3.08. The van der Waals surface area contributed by atoms with Crippen molar-refractivity contribution < 1.29 is 46.0 Å². The molecule has 0 radical (unpaired) electrons. The smallest absolute Gasteiger partial charge is 0.200 e. The Bertz CT molecular complexity index is 948. The highest BCUT2D eigenvalue weighted by atomic mass is 16.3. The average molecular weight is 388 g/mol. The van der Waals surface area contributed by atoms with Crippen molar-refractivity contribution in [3.63, 3.8) is 0 Å². The van der Waals surface area contributed by atoms with E-state index in [9.17, 15) is 46.0 Å². The van der Waals surface area contributed by atoms with Gasteiger partial charge in [0.2, 0.25) is 0 Å². The molecule has 3 aromatic carbocycles. The molecule has 0 saturated carbocycles. The van der Waals surface area contributed by atoms with Crippen molar-refractivity contribution >= 4 is 0 Å². The fraction of sp³-hybridized carbons (Fsp3) is 0.0526. The van der Waals surface area contributed by atoms with E-state index in [4.69, 9.17) is 0 Å². The summed E-state index contributed by atoms with van der Waals surface area (Å²) < 4.78 is 0. The summed E-state index contributed by atoms with van der Waals surface area (Å²) >= 11 is 0. The third-order valence-electron chi connectivity index (χ3n) is 4.24. The highest BCUT2D eigenvalue weighted by Crippen LogP contribution is 2.51. The van der Waals surface area contributed by atoms with Crippen LogP contribution in [-0.4, -0.2) is 46.0 Å². The van der Waals surface area contributed by atoms with Gasteiger partial charge in [0.25, 0.3) is 0 Å². The van der Waals surface area contributed by atoms with E-state index in [1.54, 1.807) is 0 Å². The maximum Gasteiger partial charge on any atom is 0.200 e. The van der Waals surface area contributed by atoms with Gasteiger partial charge in [-0.05, 0) is 17.7 Å². The molecule has 9 N–H and O–H groups in total. The maximum absolute atomic E-state index is 10.3. The van der Waals surface area contributed by atoms with Crippen LogP contribution >= 0.6 is 0 Å². The van der Waals surface area contributed by atoms with E-state index in [1.165, 1.54) is 0 Å². The highest BCUT2D eigenvalue weighted by Gasteiger charge is 2.31. The quantitative estimate of drug-likeness (QED) is 0.240. The number of benzene rings is 3. The molecule has 0 aliphatic heterocycles. The lowest BCUT2D eigenvalue weighted by Crippen LogP contribution is -2.05. The largest absolute Gasteiger partial charge is 0.508 e. The lowest BCUT2D eigenvalue weighted by atomic mass is 9.82. The standard InChI is InChI=1S/C19H16O9/c20-8-3-10(22)17(11(23)4-8)16(7-1-14(26)19(28)15(27)2-7)18-12(24)5-9(21)6-13(18)25/h1-6,16,20-28H. The Morgan fingerprint density at radius 2 is 0.750 bits per heavy atom. The van der Waals surface area contributed by atoms with E-state index in [1.807, 2.05) is 0 Å². The Morgan fingerprint density at radius 1 is 0.429 bits per heavy atom. The van der Waals surface area contributed by atoms with Gasteiger partial charge >= 0.3 is 0 Å². The van der Waals surface area contributed by atoms with Gasteiger partial charge in [-0.25, -0.2) is 0 Å². The minimum absolute atomic E-state index is 0.0552. The van der Waals surface area contributed by atoms with Gasteiger partial charge in [0.05, 0.1) is 0 Å². The molecule has 9 nitrogen and oxygen atoms in total. The Labute approximate surface area is 157 Å². The van der Waals surface area contributed by atoms with E-state index >= 15 is 0 Å². The minimum Gasteiger partial charge on any atom is -0.508 e. The summed E-state index contributed by atoms with van der Waals surface area (Å²) in [5.41, 5.74) is -0.641. The fourth-order valence-corrected chi connectivity index (χ4v) is 3.08. The van der Waals surface area contributed by atoms with Crippen LogP contribution in [0.5, 0.6) is 51.7 Å². The van der Waals surface area contributed by atoms with Crippen LogP contribution in [0.4, 0.5) is 0 Å². The molecule has 0 fully saturated rings. The van der Waals surface area contributed by atoms with Crippen LogP contribution in [0.3, 0.4) is 0 Å². The highest BCUT2D eigenvalue weighted by molar-refractivity contribution is 5.65. The molecule has 3 aromatic rings. The SMILES string of the molecule is Oc1cc(O)c(C(c2cc(O)c(O)c(O)c2)c2c(O)cc(O)cc2O)c(O)c1. The van der Waals surface area contributed by atoms with Gasteiger partial charge in [-0.3, -0.25) is 0 Å². The average Bonchev–Trinajstić information content (AvgIpc) is 2.56. The van der Waals surface area contributed by atoms with E-state index < -0.39 is 57.7 Å². The number of phenolic OH excluding ortho intramolecular Hbond substituents is 9. The second-order valence-electron chi connectivity index (χ2n) is 6.14. The number of aromatic hydroxyl groups is 9. The van der Waals surface area contributed by atoms with Crippen molar-refractivity contribution in [2.24, 2.45) is 0 Å². The summed E-state index contributed by atoms with van der Waals surface area (Å²) in [6.07, 6.45) is 0. The molecule has 28 heavy (non-hydrogen) atoms. The van der Waals surface area contributed by atoms with Crippen LogP contribution in [-0.2, 0) is 0 Å². The van der Waals surface area contributed by atoms with Gasteiger partial charge in [0.1, 0.15) is 34.5 Å². The molecule has 0 aromatic heterocycles. The molecule has 0 amide bonds. The van der Waals surface area contributed by atoms with Crippen molar-refractivity contribution in [1.29, 1.82) is 0 Å². The summed E-state index contributed by atoms with van der Waals surface area (Å²) in [5.74, 6) is -7.11. The summed E-state index contributed by atoms with van der Waals surface area (Å²) in [5, 5.41) is 89.5. The second-order valence-corrected chi connectivity index (χ2v) is 6.14. The molecule has 0 unspecified atom stereocenters. The molecular formula is C19H16O9. The van der Waals surface area contributed by atoms with Gasteiger partial charge in [-0.1, -0.05) is 0 Å². The van der Waals surface area contributed by atoms with Gasteiger partial charge < -0.3 is 46.0 Å². The van der Waals surface area contributed by atoms with E-state index in [0.29, 0.717) is 0 Å². The van der Waals surface area contributed by atoms with Crippen molar-refractivity contribution in [2.75, 3.05) is 0 Å². The summed E-state index contributed by atoms with van der Waals surface area (Å²) in [6.45, 7) is 0. The molecule has 0 heterocycles.